The second kappa shape index (κ2) is 9.24. The molecule has 3 N–H and O–H groups in total. The van der Waals surface area contributed by atoms with E-state index in [1.807, 2.05) is 35.2 Å². The summed E-state index contributed by atoms with van der Waals surface area (Å²) in [6.07, 6.45) is 0.903. The first kappa shape index (κ1) is 19.8. The lowest BCUT2D eigenvalue weighted by atomic mass is 10.1. The van der Waals surface area contributed by atoms with Crippen molar-refractivity contribution >= 4 is 11.5 Å². The number of H-pyrrole nitrogens is 1. The fourth-order valence-corrected chi connectivity index (χ4v) is 2.76. The van der Waals surface area contributed by atoms with Crippen LogP contribution in [0.4, 0.5) is 11.5 Å². The molecule has 0 aliphatic heterocycles. The number of anilines is 2. The van der Waals surface area contributed by atoms with Gasteiger partial charge in [-0.1, -0.05) is 44.2 Å². The number of nitrogens with one attached hydrogen (secondary N) is 1. The zero-order valence-electron chi connectivity index (χ0n) is 15.7. The molecule has 0 bridgehead atoms. The number of aromatic amines is 1. The molecule has 2 aromatic rings. The van der Waals surface area contributed by atoms with Crippen molar-refractivity contribution in [2.45, 2.75) is 26.8 Å². The molecule has 0 aliphatic carbocycles. The molecule has 0 spiro atoms. The van der Waals surface area contributed by atoms with Crippen molar-refractivity contribution in [1.29, 1.82) is 0 Å². The van der Waals surface area contributed by atoms with Gasteiger partial charge in [-0.05, 0) is 17.9 Å². The molecule has 0 unspecified atom stereocenters. The standard InChI is InChI=1S/C19H28N4O3/c1-14(2)9-10-22(11-12-26-3)16-17(20)23(19(25)21-18(16)24)13-15-7-5-4-6-8-15/h4-8,14H,9-13,20H2,1-3H3,(H,21,24,25). The largest absolute Gasteiger partial charge is 0.383 e. The highest BCUT2D eigenvalue weighted by Crippen LogP contribution is 2.18. The van der Waals surface area contributed by atoms with Gasteiger partial charge in [0.2, 0.25) is 0 Å². The molecule has 0 atom stereocenters. The van der Waals surface area contributed by atoms with Crippen LogP contribution in [0.2, 0.25) is 0 Å². The van der Waals surface area contributed by atoms with Crippen LogP contribution in [0.1, 0.15) is 25.8 Å². The third-order valence-corrected chi connectivity index (χ3v) is 4.26. The van der Waals surface area contributed by atoms with Gasteiger partial charge >= 0.3 is 5.69 Å². The summed E-state index contributed by atoms with van der Waals surface area (Å²) >= 11 is 0. The highest BCUT2D eigenvalue weighted by atomic mass is 16.5. The van der Waals surface area contributed by atoms with Crippen LogP contribution in [0.25, 0.3) is 0 Å². The molecule has 0 aliphatic rings. The van der Waals surface area contributed by atoms with Gasteiger partial charge in [-0.3, -0.25) is 14.3 Å². The summed E-state index contributed by atoms with van der Waals surface area (Å²) in [5.41, 5.74) is 6.57. The number of hydrogen-bond donors (Lipinski definition) is 2. The van der Waals surface area contributed by atoms with E-state index in [1.165, 1.54) is 4.57 Å². The van der Waals surface area contributed by atoms with E-state index in [-0.39, 0.29) is 5.82 Å². The predicted molar refractivity (Wildman–Crippen MR) is 105 cm³/mol. The number of nitrogens with two attached hydrogens (primary N) is 1. The minimum Gasteiger partial charge on any atom is -0.383 e. The number of methoxy groups -OCH3 is 1. The zero-order chi connectivity index (χ0) is 19.1. The fourth-order valence-electron chi connectivity index (χ4n) is 2.76. The molecule has 1 aromatic carbocycles. The molecular weight excluding hydrogens is 332 g/mol. The molecule has 2 rings (SSSR count). The second-order valence-corrected chi connectivity index (χ2v) is 6.73. The maximum Gasteiger partial charge on any atom is 0.330 e. The fraction of sp³-hybridized carbons (Fsp3) is 0.474. The third kappa shape index (κ3) is 4.98. The van der Waals surface area contributed by atoms with Crippen LogP contribution in [0.5, 0.6) is 0 Å². The van der Waals surface area contributed by atoms with Crippen molar-refractivity contribution < 1.29 is 4.74 Å². The lowest BCUT2D eigenvalue weighted by molar-refractivity contribution is 0.205. The zero-order valence-corrected chi connectivity index (χ0v) is 15.7. The first-order chi connectivity index (χ1) is 12.4. The Morgan fingerprint density at radius 1 is 1.19 bits per heavy atom. The Morgan fingerprint density at radius 2 is 1.88 bits per heavy atom. The van der Waals surface area contributed by atoms with Crippen LogP contribution in [-0.2, 0) is 11.3 Å². The first-order valence-corrected chi connectivity index (χ1v) is 8.84. The molecule has 0 saturated carbocycles. The number of ether oxygens (including phenoxy) is 1. The lowest BCUT2D eigenvalue weighted by Gasteiger charge is -2.26. The summed E-state index contributed by atoms with van der Waals surface area (Å²) in [5, 5.41) is 0. The number of rotatable bonds is 9. The number of benzene rings is 1. The van der Waals surface area contributed by atoms with Gasteiger partial charge in [-0.25, -0.2) is 4.79 Å². The molecule has 0 fully saturated rings. The van der Waals surface area contributed by atoms with Crippen LogP contribution in [0.15, 0.2) is 39.9 Å². The highest BCUT2D eigenvalue weighted by Gasteiger charge is 2.19. The molecule has 1 aromatic heterocycles. The molecule has 0 radical (unpaired) electrons. The predicted octanol–water partition coefficient (Wildman–Crippen LogP) is 1.67. The van der Waals surface area contributed by atoms with Gasteiger partial charge in [-0.2, -0.15) is 0 Å². The maximum atomic E-state index is 12.5. The van der Waals surface area contributed by atoms with E-state index < -0.39 is 11.2 Å². The van der Waals surface area contributed by atoms with Crippen LogP contribution < -0.4 is 21.9 Å². The Bertz CT molecular complexity index is 812. The molecular formula is C19H28N4O3. The first-order valence-electron chi connectivity index (χ1n) is 8.84. The average Bonchev–Trinajstić information content (AvgIpc) is 2.61. The minimum atomic E-state index is -0.504. The van der Waals surface area contributed by atoms with Crippen LogP contribution in [0, 0.1) is 5.92 Å². The van der Waals surface area contributed by atoms with Gasteiger partial charge in [-0.15, -0.1) is 0 Å². The summed E-state index contributed by atoms with van der Waals surface area (Å²) in [4.78, 5) is 29.1. The molecule has 26 heavy (non-hydrogen) atoms. The van der Waals surface area contributed by atoms with Crippen molar-refractivity contribution in [2.24, 2.45) is 5.92 Å². The van der Waals surface area contributed by atoms with Crippen molar-refractivity contribution in [2.75, 3.05) is 37.4 Å². The molecule has 0 amide bonds. The van der Waals surface area contributed by atoms with Gasteiger partial charge < -0.3 is 15.4 Å². The number of aromatic nitrogens is 2. The van der Waals surface area contributed by atoms with E-state index in [9.17, 15) is 9.59 Å². The van der Waals surface area contributed by atoms with Gasteiger partial charge in [0.05, 0.1) is 13.2 Å². The van der Waals surface area contributed by atoms with E-state index in [4.69, 9.17) is 10.5 Å². The van der Waals surface area contributed by atoms with E-state index >= 15 is 0 Å². The minimum absolute atomic E-state index is 0.183. The number of nitrogens with zero attached hydrogens (tertiary/aromatic N) is 2. The second-order valence-electron chi connectivity index (χ2n) is 6.73. The molecule has 142 valence electrons. The van der Waals surface area contributed by atoms with E-state index in [0.717, 1.165) is 12.0 Å². The quantitative estimate of drug-likeness (QED) is 0.709. The van der Waals surface area contributed by atoms with Crippen molar-refractivity contribution in [3.63, 3.8) is 0 Å². The van der Waals surface area contributed by atoms with Crippen LogP contribution in [-0.4, -0.2) is 36.4 Å². The summed E-state index contributed by atoms with van der Waals surface area (Å²) < 4.78 is 6.57. The summed E-state index contributed by atoms with van der Waals surface area (Å²) in [6.45, 7) is 6.21. The highest BCUT2D eigenvalue weighted by molar-refractivity contribution is 5.62. The molecule has 0 saturated heterocycles. The van der Waals surface area contributed by atoms with Crippen molar-refractivity contribution in [3.8, 4) is 0 Å². The Labute approximate surface area is 153 Å². The lowest BCUT2D eigenvalue weighted by Crippen LogP contribution is -2.40. The summed E-state index contributed by atoms with van der Waals surface area (Å²) in [6, 6.07) is 9.54. The van der Waals surface area contributed by atoms with Gasteiger partial charge in [0.15, 0.2) is 0 Å². The van der Waals surface area contributed by atoms with E-state index in [0.29, 0.717) is 37.8 Å². The van der Waals surface area contributed by atoms with Gasteiger partial charge in [0, 0.05) is 20.2 Å². The van der Waals surface area contributed by atoms with E-state index in [1.54, 1.807) is 7.11 Å². The summed E-state index contributed by atoms with van der Waals surface area (Å²) in [7, 11) is 1.62. The molecule has 7 heteroatoms. The number of nitrogen functional groups attached to an aromatic ring is 1. The topological polar surface area (TPSA) is 93.3 Å². The smallest absolute Gasteiger partial charge is 0.330 e. The Morgan fingerprint density at radius 3 is 2.50 bits per heavy atom. The van der Waals surface area contributed by atoms with Gasteiger partial charge in [0.25, 0.3) is 5.56 Å². The Balaban J connectivity index is 2.43. The SMILES string of the molecule is COCCN(CCC(C)C)c1c(N)n(Cc2ccccc2)c(=O)[nH]c1=O. The summed E-state index contributed by atoms with van der Waals surface area (Å²) in [5.74, 6) is 0.665. The molecule has 7 nitrogen and oxygen atoms in total. The normalized spacial score (nSPS) is 11.1. The van der Waals surface area contributed by atoms with Gasteiger partial charge in [0.1, 0.15) is 11.5 Å². The third-order valence-electron chi connectivity index (χ3n) is 4.26. The Hall–Kier alpha value is -2.54. The Kier molecular flexibility index (Phi) is 7.03. The number of hydrogen-bond acceptors (Lipinski definition) is 5. The van der Waals surface area contributed by atoms with E-state index in [2.05, 4.69) is 18.8 Å². The molecule has 1 heterocycles. The van der Waals surface area contributed by atoms with Crippen molar-refractivity contribution in [1.82, 2.24) is 9.55 Å². The monoisotopic (exact) mass is 360 g/mol. The van der Waals surface area contributed by atoms with Crippen molar-refractivity contribution in [3.05, 3.63) is 56.7 Å². The van der Waals surface area contributed by atoms with Crippen LogP contribution in [0.3, 0.4) is 0 Å². The maximum absolute atomic E-state index is 12.5. The average molecular weight is 360 g/mol. The van der Waals surface area contributed by atoms with Crippen LogP contribution >= 0.6 is 0 Å².